The van der Waals surface area contributed by atoms with Crippen molar-refractivity contribution in [1.29, 1.82) is 0 Å². The fraction of sp³-hybridized carbons (Fsp3) is 0.130. The zero-order chi connectivity index (χ0) is 21.8. The maximum Gasteiger partial charge on any atom is 0.261 e. The van der Waals surface area contributed by atoms with E-state index in [4.69, 9.17) is 4.74 Å². The molecule has 7 nitrogen and oxygen atoms in total. The molecule has 0 spiro atoms. The van der Waals surface area contributed by atoms with Crippen LogP contribution in [0.5, 0.6) is 5.75 Å². The molecular weight excluding hydrogens is 416 g/mol. The Kier molecular flexibility index (Phi) is 5.73. The highest BCUT2D eigenvalue weighted by Gasteiger charge is 2.30. The van der Waals surface area contributed by atoms with Crippen LogP contribution < -0.4 is 14.4 Å². The van der Waals surface area contributed by atoms with Crippen LogP contribution in [0.1, 0.15) is 18.4 Å². The van der Waals surface area contributed by atoms with Gasteiger partial charge >= 0.3 is 0 Å². The predicted octanol–water partition coefficient (Wildman–Crippen LogP) is 3.72. The van der Waals surface area contributed by atoms with Crippen LogP contribution in [0.4, 0.5) is 11.4 Å². The number of hydrogen-bond acceptors (Lipinski definition) is 5. The summed E-state index contributed by atoms with van der Waals surface area (Å²) in [6.45, 7) is 0.417. The van der Waals surface area contributed by atoms with E-state index in [2.05, 4.69) is 4.72 Å². The van der Waals surface area contributed by atoms with Gasteiger partial charge in [0.1, 0.15) is 12.4 Å². The molecule has 1 saturated heterocycles. The number of nitrogens with one attached hydrogen (secondary N) is 1. The summed E-state index contributed by atoms with van der Waals surface area (Å²) in [5, 5.41) is 0. The highest BCUT2D eigenvalue weighted by molar-refractivity contribution is 7.92. The SMILES string of the molecule is O=C1CCC(=O)N1c1ccc(S(=O)(=O)Nc2ccc(OCc3ccccc3)cc2)cc1. The lowest BCUT2D eigenvalue weighted by Gasteiger charge is -2.14. The molecule has 31 heavy (non-hydrogen) atoms. The molecule has 1 N–H and O–H groups in total. The Morgan fingerprint density at radius 2 is 1.42 bits per heavy atom. The Hall–Kier alpha value is -3.65. The molecule has 0 bridgehead atoms. The number of anilines is 2. The van der Waals surface area contributed by atoms with Gasteiger partial charge in [-0.2, -0.15) is 0 Å². The second-order valence-electron chi connectivity index (χ2n) is 7.02. The van der Waals surface area contributed by atoms with Gasteiger partial charge < -0.3 is 4.74 Å². The number of carbonyl (C=O) groups is 2. The highest BCUT2D eigenvalue weighted by atomic mass is 32.2. The predicted molar refractivity (Wildman–Crippen MR) is 116 cm³/mol. The monoisotopic (exact) mass is 436 g/mol. The maximum absolute atomic E-state index is 12.7. The number of sulfonamides is 1. The van der Waals surface area contributed by atoms with Gasteiger partial charge in [0.25, 0.3) is 10.0 Å². The van der Waals surface area contributed by atoms with Gasteiger partial charge in [0, 0.05) is 18.5 Å². The lowest BCUT2D eigenvalue weighted by atomic mass is 10.2. The van der Waals surface area contributed by atoms with Crippen LogP contribution >= 0.6 is 0 Å². The molecule has 0 saturated carbocycles. The van der Waals surface area contributed by atoms with Crippen LogP contribution in [0.15, 0.2) is 83.8 Å². The zero-order valence-corrected chi connectivity index (χ0v) is 17.3. The summed E-state index contributed by atoms with van der Waals surface area (Å²) in [4.78, 5) is 24.8. The molecule has 0 aliphatic carbocycles. The lowest BCUT2D eigenvalue weighted by molar-refractivity contribution is -0.121. The van der Waals surface area contributed by atoms with Crippen molar-refractivity contribution in [3.63, 3.8) is 0 Å². The minimum atomic E-state index is -3.83. The summed E-state index contributed by atoms with van der Waals surface area (Å²) in [6, 6.07) is 22.0. The van der Waals surface area contributed by atoms with Crippen molar-refractivity contribution >= 4 is 33.2 Å². The van der Waals surface area contributed by atoms with Crippen molar-refractivity contribution in [2.24, 2.45) is 0 Å². The first kappa shape index (κ1) is 20.6. The Balaban J connectivity index is 1.41. The second kappa shape index (κ2) is 8.61. The van der Waals surface area contributed by atoms with Gasteiger partial charge in [-0.05, 0) is 54.1 Å². The van der Waals surface area contributed by atoms with Gasteiger partial charge in [-0.25, -0.2) is 8.42 Å². The molecule has 1 aliphatic heterocycles. The van der Waals surface area contributed by atoms with E-state index in [0.29, 0.717) is 23.7 Å². The minimum Gasteiger partial charge on any atom is -0.489 e. The van der Waals surface area contributed by atoms with E-state index < -0.39 is 10.0 Å². The van der Waals surface area contributed by atoms with Crippen molar-refractivity contribution in [2.45, 2.75) is 24.3 Å². The van der Waals surface area contributed by atoms with Crippen molar-refractivity contribution in [2.75, 3.05) is 9.62 Å². The van der Waals surface area contributed by atoms with Crippen molar-refractivity contribution in [3.05, 3.63) is 84.4 Å². The molecule has 1 heterocycles. The molecule has 1 aliphatic rings. The minimum absolute atomic E-state index is 0.0275. The Bertz CT molecular complexity index is 1170. The first-order chi connectivity index (χ1) is 14.9. The van der Waals surface area contributed by atoms with Gasteiger partial charge in [0.05, 0.1) is 10.6 Å². The van der Waals surface area contributed by atoms with E-state index in [1.807, 2.05) is 30.3 Å². The molecule has 0 atom stereocenters. The first-order valence-electron chi connectivity index (χ1n) is 9.68. The van der Waals surface area contributed by atoms with Gasteiger partial charge in [-0.1, -0.05) is 30.3 Å². The van der Waals surface area contributed by atoms with E-state index in [-0.39, 0.29) is 29.6 Å². The van der Waals surface area contributed by atoms with Crippen LogP contribution in [0.2, 0.25) is 0 Å². The Morgan fingerprint density at radius 1 is 0.806 bits per heavy atom. The molecule has 158 valence electrons. The zero-order valence-electron chi connectivity index (χ0n) is 16.5. The number of amides is 2. The Morgan fingerprint density at radius 3 is 2.03 bits per heavy atom. The normalized spacial score (nSPS) is 14.0. The summed E-state index contributed by atoms with van der Waals surface area (Å²) in [7, 11) is -3.83. The van der Waals surface area contributed by atoms with Crippen molar-refractivity contribution in [3.8, 4) is 5.75 Å². The fourth-order valence-electron chi connectivity index (χ4n) is 3.21. The van der Waals surface area contributed by atoms with Crippen molar-refractivity contribution < 1.29 is 22.7 Å². The third kappa shape index (κ3) is 4.75. The summed E-state index contributed by atoms with van der Waals surface area (Å²) in [5.74, 6) is 0.0534. The van der Waals surface area contributed by atoms with Crippen molar-refractivity contribution in [1.82, 2.24) is 0 Å². The van der Waals surface area contributed by atoms with Gasteiger partial charge in [-0.3, -0.25) is 19.2 Å². The largest absolute Gasteiger partial charge is 0.489 e. The van der Waals surface area contributed by atoms with Crippen LogP contribution in [0.25, 0.3) is 0 Å². The third-order valence-electron chi connectivity index (χ3n) is 4.81. The molecule has 2 amide bonds. The summed E-state index contributed by atoms with van der Waals surface area (Å²) in [6.07, 6.45) is 0.344. The topological polar surface area (TPSA) is 92.8 Å². The fourth-order valence-corrected chi connectivity index (χ4v) is 4.27. The number of rotatable bonds is 7. The summed E-state index contributed by atoms with van der Waals surface area (Å²) in [5.41, 5.74) is 1.79. The van der Waals surface area contributed by atoms with Crippen LogP contribution in [0, 0.1) is 0 Å². The third-order valence-corrected chi connectivity index (χ3v) is 6.21. The lowest BCUT2D eigenvalue weighted by Crippen LogP contribution is -2.28. The maximum atomic E-state index is 12.7. The van der Waals surface area contributed by atoms with Crippen LogP contribution in [0.3, 0.4) is 0 Å². The van der Waals surface area contributed by atoms with Gasteiger partial charge in [0.15, 0.2) is 0 Å². The number of hydrogen-bond donors (Lipinski definition) is 1. The molecule has 0 unspecified atom stereocenters. The number of benzene rings is 3. The van der Waals surface area contributed by atoms with Gasteiger partial charge in [-0.15, -0.1) is 0 Å². The smallest absolute Gasteiger partial charge is 0.261 e. The molecule has 4 rings (SSSR count). The van der Waals surface area contributed by atoms with Gasteiger partial charge in [0.2, 0.25) is 11.8 Å². The molecule has 3 aromatic rings. The van der Waals surface area contributed by atoms with E-state index in [0.717, 1.165) is 10.5 Å². The Labute approximate surface area is 180 Å². The quantitative estimate of drug-likeness (QED) is 0.570. The van der Waals surface area contributed by atoms with Crippen LogP contribution in [-0.4, -0.2) is 20.2 Å². The molecule has 0 aromatic heterocycles. The average molecular weight is 436 g/mol. The number of carbonyl (C=O) groups excluding carboxylic acids is 2. The van der Waals surface area contributed by atoms with E-state index in [9.17, 15) is 18.0 Å². The number of nitrogens with zero attached hydrogens (tertiary/aromatic N) is 1. The summed E-state index contributed by atoms with van der Waals surface area (Å²) >= 11 is 0. The average Bonchev–Trinajstić information content (AvgIpc) is 3.12. The van der Waals surface area contributed by atoms with E-state index in [1.165, 1.54) is 24.3 Å². The molecule has 3 aromatic carbocycles. The van der Waals surface area contributed by atoms with E-state index in [1.54, 1.807) is 24.3 Å². The molecule has 8 heteroatoms. The van der Waals surface area contributed by atoms with Crippen LogP contribution in [-0.2, 0) is 26.2 Å². The first-order valence-corrected chi connectivity index (χ1v) is 11.2. The molecular formula is C23H20N2O5S. The number of imide groups is 1. The van der Waals surface area contributed by atoms with E-state index >= 15 is 0 Å². The number of ether oxygens (including phenoxy) is 1. The second-order valence-corrected chi connectivity index (χ2v) is 8.70. The standard InChI is InChI=1S/C23H20N2O5S/c26-22-14-15-23(27)25(22)19-8-12-21(13-9-19)31(28,29)24-18-6-10-20(11-7-18)30-16-17-4-2-1-3-5-17/h1-13,24H,14-16H2. The molecule has 0 radical (unpaired) electrons. The summed E-state index contributed by atoms with van der Waals surface area (Å²) < 4.78 is 33.6. The highest BCUT2D eigenvalue weighted by Crippen LogP contribution is 2.25. The molecule has 1 fully saturated rings.